The van der Waals surface area contributed by atoms with Crippen molar-refractivity contribution in [2.75, 3.05) is 5.88 Å². The van der Waals surface area contributed by atoms with Crippen molar-refractivity contribution in [3.8, 4) is 0 Å². The van der Waals surface area contributed by atoms with Gasteiger partial charge in [0.15, 0.2) is 17.0 Å². The number of hydrogen-bond acceptors (Lipinski definition) is 5. The monoisotopic (exact) mass is 173 g/mol. The van der Waals surface area contributed by atoms with Crippen molar-refractivity contribution < 1.29 is 14.9 Å². The summed E-state index contributed by atoms with van der Waals surface area (Å²) >= 11 is 1.53. The van der Waals surface area contributed by atoms with Gasteiger partial charge in [0.1, 0.15) is 12.0 Å². The molecule has 2 rings (SSSR count). The smallest absolute Gasteiger partial charge is 0.194 e. The third kappa shape index (κ3) is 0.920. The van der Waals surface area contributed by atoms with E-state index in [1.807, 2.05) is 0 Å². The van der Waals surface area contributed by atoms with Crippen LogP contribution >= 0.6 is 11.8 Å². The summed E-state index contributed by atoms with van der Waals surface area (Å²) in [6.07, 6.45) is 1.16. The number of rotatable bonds is 0. The lowest BCUT2D eigenvalue weighted by Crippen LogP contribution is -2.19. The summed E-state index contributed by atoms with van der Waals surface area (Å²) in [5.41, 5.74) is 0.390. The highest BCUT2D eigenvalue weighted by Crippen LogP contribution is 2.31. The van der Waals surface area contributed by atoms with E-state index in [-0.39, 0.29) is 17.0 Å². The van der Waals surface area contributed by atoms with Crippen LogP contribution in [-0.2, 0) is 4.74 Å². The molecule has 1 saturated heterocycles. The highest BCUT2D eigenvalue weighted by Gasteiger charge is 2.30. The fourth-order valence-corrected chi connectivity index (χ4v) is 1.87. The normalized spacial score (nSPS) is 28.7. The van der Waals surface area contributed by atoms with E-state index in [4.69, 9.17) is 9.84 Å². The maximum absolute atomic E-state index is 9.25. The largest absolute Gasteiger partial charge is 0.503 e. The highest BCUT2D eigenvalue weighted by molar-refractivity contribution is 8.00. The van der Waals surface area contributed by atoms with Gasteiger partial charge in [-0.05, 0) is 0 Å². The van der Waals surface area contributed by atoms with E-state index in [0.717, 1.165) is 6.26 Å². The van der Waals surface area contributed by atoms with Crippen molar-refractivity contribution in [3.05, 3.63) is 23.5 Å². The number of thioether (sulfide) groups is 1. The SMILES string of the molecule is OC1=COC2SCNC2=C1O. The first-order chi connectivity index (χ1) is 5.29. The van der Waals surface area contributed by atoms with Gasteiger partial charge < -0.3 is 20.3 Å². The molecule has 2 aliphatic rings. The van der Waals surface area contributed by atoms with Crippen LogP contribution in [0.3, 0.4) is 0 Å². The van der Waals surface area contributed by atoms with Gasteiger partial charge in [0.05, 0.1) is 5.88 Å². The van der Waals surface area contributed by atoms with Crippen molar-refractivity contribution in [3.63, 3.8) is 0 Å². The van der Waals surface area contributed by atoms with Gasteiger partial charge in [0.25, 0.3) is 0 Å². The van der Waals surface area contributed by atoms with Gasteiger partial charge >= 0.3 is 0 Å². The second-order valence-electron chi connectivity index (χ2n) is 2.22. The number of nitrogens with one attached hydrogen (secondary N) is 1. The summed E-state index contributed by atoms with van der Waals surface area (Å²) < 4.78 is 5.06. The van der Waals surface area contributed by atoms with Crippen LogP contribution < -0.4 is 5.32 Å². The number of aliphatic hydroxyl groups excluding tert-OH is 2. The molecule has 0 saturated carbocycles. The van der Waals surface area contributed by atoms with Gasteiger partial charge in [-0.1, -0.05) is 11.8 Å². The van der Waals surface area contributed by atoms with Crippen LogP contribution in [0.25, 0.3) is 0 Å². The number of hydrogen-bond donors (Lipinski definition) is 3. The molecule has 0 radical (unpaired) electrons. The summed E-state index contributed by atoms with van der Waals surface area (Å²) in [4.78, 5) is 0. The van der Waals surface area contributed by atoms with Crippen molar-refractivity contribution in [2.45, 2.75) is 5.44 Å². The third-order valence-corrected chi connectivity index (χ3v) is 2.49. The zero-order valence-electron chi connectivity index (χ0n) is 5.57. The van der Waals surface area contributed by atoms with Crippen LogP contribution in [0.2, 0.25) is 0 Å². The summed E-state index contributed by atoms with van der Waals surface area (Å²) in [6.45, 7) is 0. The van der Waals surface area contributed by atoms with Crippen LogP contribution in [0.15, 0.2) is 23.5 Å². The molecular weight excluding hydrogens is 166 g/mol. The standard InChI is InChI=1S/C6H7NO3S/c8-3-1-10-6-4(5(3)9)7-2-11-6/h1,6-9H,2H2. The van der Waals surface area contributed by atoms with E-state index in [0.29, 0.717) is 11.6 Å². The molecule has 0 aromatic carbocycles. The molecule has 0 aromatic rings. The minimum Gasteiger partial charge on any atom is -0.503 e. The fraction of sp³-hybridized carbons (Fsp3) is 0.333. The van der Waals surface area contributed by atoms with Gasteiger partial charge in [-0.3, -0.25) is 0 Å². The zero-order chi connectivity index (χ0) is 7.84. The molecule has 3 N–H and O–H groups in total. The van der Waals surface area contributed by atoms with Gasteiger partial charge in [0.2, 0.25) is 0 Å². The highest BCUT2D eigenvalue weighted by atomic mass is 32.2. The van der Waals surface area contributed by atoms with Gasteiger partial charge in [0, 0.05) is 0 Å². The Hall–Kier alpha value is -0.970. The summed E-state index contributed by atoms with van der Waals surface area (Å²) in [6, 6.07) is 0. The minimum atomic E-state index is -0.216. The molecule has 2 aliphatic heterocycles. The van der Waals surface area contributed by atoms with Crippen molar-refractivity contribution in [2.24, 2.45) is 0 Å². The van der Waals surface area contributed by atoms with Gasteiger partial charge in [-0.25, -0.2) is 0 Å². The molecule has 1 unspecified atom stereocenters. The molecule has 11 heavy (non-hydrogen) atoms. The summed E-state index contributed by atoms with van der Waals surface area (Å²) in [5.74, 6) is 0.378. The molecule has 0 aromatic heterocycles. The Morgan fingerprint density at radius 2 is 2.45 bits per heavy atom. The molecule has 0 amide bonds. The number of fused-ring (bicyclic) bond motifs is 1. The second-order valence-corrected chi connectivity index (χ2v) is 3.27. The van der Waals surface area contributed by atoms with E-state index in [2.05, 4.69) is 5.32 Å². The number of ether oxygens (including phenoxy) is 1. The van der Waals surface area contributed by atoms with Gasteiger partial charge in [-0.2, -0.15) is 0 Å². The molecule has 4 nitrogen and oxygen atoms in total. The lowest BCUT2D eigenvalue weighted by atomic mass is 10.3. The third-order valence-electron chi connectivity index (χ3n) is 1.53. The average molecular weight is 173 g/mol. The van der Waals surface area contributed by atoms with Crippen LogP contribution in [0.4, 0.5) is 0 Å². The summed E-state index contributed by atoms with van der Waals surface area (Å²) in [7, 11) is 0. The maximum atomic E-state index is 9.25. The average Bonchev–Trinajstić information content (AvgIpc) is 2.45. The molecule has 1 fully saturated rings. The second kappa shape index (κ2) is 2.27. The topological polar surface area (TPSA) is 61.7 Å². The molecule has 1 atom stereocenters. The lowest BCUT2D eigenvalue weighted by molar-refractivity contribution is 0.193. The Bertz CT molecular complexity index is 248. The first-order valence-electron chi connectivity index (χ1n) is 3.12. The Morgan fingerprint density at radius 1 is 1.64 bits per heavy atom. The zero-order valence-corrected chi connectivity index (χ0v) is 6.39. The Labute approximate surface area is 67.5 Å². The lowest BCUT2D eigenvalue weighted by Gasteiger charge is -2.16. The van der Waals surface area contributed by atoms with E-state index in [1.165, 1.54) is 11.8 Å². The molecule has 5 heteroatoms. The summed E-state index contributed by atoms with van der Waals surface area (Å²) in [5, 5.41) is 21.2. The fourth-order valence-electron chi connectivity index (χ4n) is 0.984. The Balaban J connectivity index is 2.36. The van der Waals surface area contributed by atoms with E-state index in [9.17, 15) is 5.11 Å². The molecular formula is C6H7NO3S. The molecule has 0 bridgehead atoms. The first kappa shape index (κ1) is 6.72. The Kier molecular flexibility index (Phi) is 1.38. The predicted octanol–water partition coefficient (Wildman–Crippen LogP) is 0.806. The van der Waals surface area contributed by atoms with Crippen LogP contribution in [0, 0.1) is 0 Å². The predicted molar refractivity (Wildman–Crippen MR) is 40.8 cm³/mol. The van der Waals surface area contributed by atoms with Crippen molar-refractivity contribution in [1.29, 1.82) is 0 Å². The molecule has 0 spiro atoms. The molecule has 60 valence electrons. The maximum Gasteiger partial charge on any atom is 0.194 e. The van der Waals surface area contributed by atoms with E-state index >= 15 is 0 Å². The first-order valence-corrected chi connectivity index (χ1v) is 4.17. The quantitative estimate of drug-likeness (QED) is 0.506. The minimum absolute atomic E-state index is 0.105. The van der Waals surface area contributed by atoms with E-state index in [1.54, 1.807) is 0 Å². The van der Waals surface area contributed by atoms with Crippen molar-refractivity contribution in [1.82, 2.24) is 5.32 Å². The van der Waals surface area contributed by atoms with Crippen LogP contribution in [0.5, 0.6) is 0 Å². The van der Waals surface area contributed by atoms with E-state index < -0.39 is 0 Å². The van der Waals surface area contributed by atoms with Crippen LogP contribution in [-0.4, -0.2) is 21.5 Å². The van der Waals surface area contributed by atoms with Crippen molar-refractivity contribution >= 4 is 11.8 Å². The number of aliphatic hydroxyl groups is 2. The molecule has 0 aliphatic carbocycles. The van der Waals surface area contributed by atoms with Crippen LogP contribution in [0.1, 0.15) is 0 Å². The molecule has 2 heterocycles. The Morgan fingerprint density at radius 3 is 3.27 bits per heavy atom. The van der Waals surface area contributed by atoms with Gasteiger partial charge in [-0.15, -0.1) is 0 Å².